The first kappa shape index (κ1) is 11.8. The van der Waals surface area contributed by atoms with Crippen LogP contribution < -0.4 is 4.74 Å². The molecule has 0 fully saturated rings. The van der Waals surface area contributed by atoms with Crippen LogP contribution in [0.3, 0.4) is 0 Å². The van der Waals surface area contributed by atoms with Gasteiger partial charge in [-0.05, 0) is 12.5 Å². The molecule has 0 N–H and O–H groups in total. The van der Waals surface area contributed by atoms with Gasteiger partial charge in [-0.15, -0.1) is 0 Å². The minimum absolute atomic E-state index is 0.494. The molecule has 2 rings (SSSR count). The van der Waals surface area contributed by atoms with E-state index in [9.17, 15) is 0 Å². The second-order valence-electron chi connectivity index (χ2n) is 3.43. The molecule has 88 valence electrons. The Kier molecular flexibility index (Phi) is 3.54. The topological polar surface area (TPSA) is 47.9 Å². The molecule has 0 unspecified atom stereocenters. The summed E-state index contributed by atoms with van der Waals surface area (Å²) in [5.74, 6) is 0.555. The van der Waals surface area contributed by atoms with E-state index < -0.39 is 0 Å². The summed E-state index contributed by atoms with van der Waals surface area (Å²) in [6, 6.07) is 3.71. The molecule has 0 spiro atoms. The highest BCUT2D eigenvalue weighted by atomic mass is 35.5. The SMILES string of the molecule is CCc1c(Cl)ncnc1-c1ccnc(OC)c1. The van der Waals surface area contributed by atoms with Crippen molar-refractivity contribution in [3.8, 4) is 17.1 Å². The van der Waals surface area contributed by atoms with Gasteiger partial charge in [-0.2, -0.15) is 0 Å². The summed E-state index contributed by atoms with van der Waals surface area (Å²) in [6.45, 7) is 2.02. The van der Waals surface area contributed by atoms with Crippen molar-refractivity contribution in [2.45, 2.75) is 13.3 Å². The first-order valence-corrected chi connectivity index (χ1v) is 5.63. The molecule has 2 aromatic heterocycles. The quantitative estimate of drug-likeness (QED) is 0.785. The van der Waals surface area contributed by atoms with E-state index in [1.54, 1.807) is 13.3 Å². The number of aromatic nitrogens is 3. The maximum Gasteiger partial charge on any atom is 0.213 e. The summed E-state index contributed by atoms with van der Waals surface area (Å²) < 4.78 is 5.09. The largest absolute Gasteiger partial charge is 0.481 e. The minimum Gasteiger partial charge on any atom is -0.481 e. The van der Waals surface area contributed by atoms with Crippen LogP contribution in [0, 0.1) is 0 Å². The summed E-state index contributed by atoms with van der Waals surface area (Å²) in [5, 5.41) is 0.494. The van der Waals surface area contributed by atoms with E-state index in [0.29, 0.717) is 11.0 Å². The van der Waals surface area contributed by atoms with Crippen LogP contribution in [0.25, 0.3) is 11.3 Å². The normalized spacial score (nSPS) is 10.3. The molecule has 0 aliphatic heterocycles. The third kappa shape index (κ3) is 2.36. The Hall–Kier alpha value is -1.68. The van der Waals surface area contributed by atoms with Crippen molar-refractivity contribution in [3.63, 3.8) is 0 Å². The molecule has 0 bridgehead atoms. The third-order valence-electron chi connectivity index (χ3n) is 2.46. The lowest BCUT2D eigenvalue weighted by Crippen LogP contribution is -1.96. The maximum absolute atomic E-state index is 6.06. The number of hydrogen-bond acceptors (Lipinski definition) is 4. The van der Waals surface area contributed by atoms with E-state index in [1.807, 2.05) is 19.1 Å². The summed E-state index contributed by atoms with van der Waals surface area (Å²) >= 11 is 6.06. The molecule has 0 aliphatic carbocycles. The van der Waals surface area contributed by atoms with Gasteiger partial charge in [0.05, 0.1) is 12.8 Å². The fraction of sp³-hybridized carbons (Fsp3) is 0.250. The third-order valence-corrected chi connectivity index (χ3v) is 2.79. The van der Waals surface area contributed by atoms with E-state index >= 15 is 0 Å². The number of ether oxygens (including phenoxy) is 1. The van der Waals surface area contributed by atoms with Crippen molar-refractivity contribution in [2.24, 2.45) is 0 Å². The average Bonchev–Trinajstić information content (AvgIpc) is 2.38. The number of hydrogen-bond donors (Lipinski definition) is 0. The van der Waals surface area contributed by atoms with Gasteiger partial charge in [0.15, 0.2) is 0 Å². The van der Waals surface area contributed by atoms with Crippen LogP contribution in [0.4, 0.5) is 0 Å². The second kappa shape index (κ2) is 5.10. The lowest BCUT2D eigenvalue weighted by Gasteiger charge is -2.08. The van der Waals surface area contributed by atoms with Gasteiger partial charge in [-0.1, -0.05) is 18.5 Å². The monoisotopic (exact) mass is 249 g/mol. The molecular formula is C12H12ClN3O. The molecule has 0 aliphatic rings. The van der Waals surface area contributed by atoms with Crippen LogP contribution in [0.1, 0.15) is 12.5 Å². The van der Waals surface area contributed by atoms with E-state index in [-0.39, 0.29) is 0 Å². The molecule has 0 amide bonds. The molecule has 0 aromatic carbocycles. The molecule has 4 nitrogen and oxygen atoms in total. The molecule has 0 saturated heterocycles. The highest BCUT2D eigenvalue weighted by Crippen LogP contribution is 2.27. The Bertz CT molecular complexity index is 531. The number of pyridine rings is 1. The standard InChI is InChI=1S/C12H12ClN3O/c1-3-9-11(15-7-16-12(9)13)8-4-5-14-10(6-8)17-2/h4-7H,3H2,1-2H3. The average molecular weight is 250 g/mol. The molecule has 0 saturated carbocycles. The van der Waals surface area contributed by atoms with Crippen molar-refractivity contribution in [1.29, 1.82) is 0 Å². The summed E-state index contributed by atoms with van der Waals surface area (Å²) in [6.07, 6.45) is 3.92. The smallest absolute Gasteiger partial charge is 0.213 e. The fourth-order valence-corrected chi connectivity index (χ4v) is 1.89. The lowest BCUT2D eigenvalue weighted by atomic mass is 10.1. The number of rotatable bonds is 3. The maximum atomic E-state index is 6.06. The summed E-state index contributed by atoms with van der Waals surface area (Å²) in [5.41, 5.74) is 2.69. The lowest BCUT2D eigenvalue weighted by molar-refractivity contribution is 0.398. The van der Waals surface area contributed by atoms with E-state index in [1.165, 1.54) is 6.33 Å². The number of halogens is 1. The summed E-state index contributed by atoms with van der Waals surface area (Å²) in [7, 11) is 1.58. The van der Waals surface area contributed by atoms with Gasteiger partial charge < -0.3 is 4.74 Å². The highest BCUT2D eigenvalue weighted by Gasteiger charge is 2.10. The molecule has 2 heterocycles. The number of nitrogens with zero attached hydrogens (tertiary/aromatic N) is 3. The Morgan fingerprint density at radius 2 is 2.12 bits per heavy atom. The van der Waals surface area contributed by atoms with Gasteiger partial charge in [0.25, 0.3) is 0 Å². The van der Waals surface area contributed by atoms with E-state index in [4.69, 9.17) is 16.3 Å². The minimum atomic E-state index is 0.494. The zero-order valence-corrected chi connectivity index (χ0v) is 10.4. The van der Waals surface area contributed by atoms with Crippen LogP contribution in [0.2, 0.25) is 5.15 Å². The van der Waals surface area contributed by atoms with Crippen LogP contribution in [0.5, 0.6) is 5.88 Å². The summed E-state index contributed by atoms with van der Waals surface area (Å²) in [4.78, 5) is 12.3. The predicted octanol–water partition coefficient (Wildman–Crippen LogP) is 2.76. The van der Waals surface area contributed by atoms with Crippen LogP contribution >= 0.6 is 11.6 Å². The van der Waals surface area contributed by atoms with Crippen molar-refractivity contribution >= 4 is 11.6 Å². The van der Waals surface area contributed by atoms with Crippen molar-refractivity contribution < 1.29 is 4.74 Å². The van der Waals surface area contributed by atoms with Gasteiger partial charge >= 0.3 is 0 Å². The van der Waals surface area contributed by atoms with Gasteiger partial charge in [0.2, 0.25) is 5.88 Å². The van der Waals surface area contributed by atoms with E-state index in [0.717, 1.165) is 23.2 Å². The van der Waals surface area contributed by atoms with Crippen LogP contribution in [-0.4, -0.2) is 22.1 Å². The Morgan fingerprint density at radius 1 is 1.29 bits per heavy atom. The zero-order chi connectivity index (χ0) is 12.3. The molecule has 2 aromatic rings. The zero-order valence-electron chi connectivity index (χ0n) is 9.64. The predicted molar refractivity (Wildman–Crippen MR) is 66.2 cm³/mol. The highest BCUT2D eigenvalue weighted by molar-refractivity contribution is 6.30. The second-order valence-corrected chi connectivity index (χ2v) is 3.79. The van der Waals surface area contributed by atoms with Gasteiger partial charge in [-0.25, -0.2) is 15.0 Å². The van der Waals surface area contributed by atoms with Crippen molar-refractivity contribution in [1.82, 2.24) is 15.0 Å². The fourth-order valence-electron chi connectivity index (χ4n) is 1.62. The van der Waals surface area contributed by atoms with Crippen molar-refractivity contribution in [3.05, 3.63) is 35.4 Å². The Labute approximate surface area is 105 Å². The van der Waals surface area contributed by atoms with Crippen molar-refractivity contribution in [2.75, 3.05) is 7.11 Å². The van der Waals surface area contributed by atoms with Gasteiger partial charge in [-0.3, -0.25) is 0 Å². The molecule has 0 radical (unpaired) electrons. The Balaban J connectivity index is 2.55. The van der Waals surface area contributed by atoms with Crippen LogP contribution in [0.15, 0.2) is 24.7 Å². The molecule has 17 heavy (non-hydrogen) atoms. The number of methoxy groups -OCH3 is 1. The molecular weight excluding hydrogens is 238 g/mol. The molecule has 5 heteroatoms. The first-order chi connectivity index (χ1) is 8.26. The first-order valence-electron chi connectivity index (χ1n) is 5.26. The van der Waals surface area contributed by atoms with Crippen LogP contribution in [-0.2, 0) is 6.42 Å². The van der Waals surface area contributed by atoms with Gasteiger partial charge in [0.1, 0.15) is 11.5 Å². The molecule has 0 atom stereocenters. The van der Waals surface area contributed by atoms with E-state index in [2.05, 4.69) is 15.0 Å². The van der Waals surface area contributed by atoms with Gasteiger partial charge in [0, 0.05) is 23.4 Å². The Morgan fingerprint density at radius 3 is 2.82 bits per heavy atom.